The van der Waals surface area contributed by atoms with Crippen molar-refractivity contribution in [3.05, 3.63) is 29.8 Å². The molecule has 1 heterocycles. The summed E-state index contributed by atoms with van der Waals surface area (Å²) in [4.78, 5) is 25.3. The van der Waals surface area contributed by atoms with Crippen LogP contribution in [0.4, 0.5) is 4.39 Å². The molecular weight excluding hydrogens is 227 g/mol. The molecule has 0 aliphatic carbocycles. The lowest BCUT2D eigenvalue weighted by atomic mass is 10.1. The van der Waals surface area contributed by atoms with Crippen LogP contribution in [0.25, 0.3) is 0 Å². The van der Waals surface area contributed by atoms with Gasteiger partial charge in [0.2, 0.25) is 5.95 Å². The third-order valence-corrected chi connectivity index (χ3v) is 2.16. The van der Waals surface area contributed by atoms with Gasteiger partial charge < -0.3 is 10.4 Å². The van der Waals surface area contributed by atoms with E-state index in [-0.39, 0.29) is 18.0 Å². The van der Waals surface area contributed by atoms with Crippen molar-refractivity contribution < 1.29 is 19.1 Å². The van der Waals surface area contributed by atoms with Crippen molar-refractivity contribution in [3.63, 3.8) is 0 Å². The van der Waals surface area contributed by atoms with E-state index in [1.165, 1.54) is 12.3 Å². The van der Waals surface area contributed by atoms with E-state index in [1.807, 2.05) is 0 Å². The minimum atomic E-state index is -0.916. The van der Waals surface area contributed by atoms with Crippen LogP contribution < -0.4 is 5.32 Å². The molecule has 0 aliphatic rings. The summed E-state index contributed by atoms with van der Waals surface area (Å²) in [6.45, 7) is 1.69. The number of hydrogen-bond acceptors (Lipinski definition) is 3. The molecule has 1 atom stereocenters. The average Bonchev–Trinajstić information content (AvgIpc) is 2.26. The van der Waals surface area contributed by atoms with Gasteiger partial charge in [0.15, 0.2) is 0 Å². The largest absolute Gasteiger partial charge is 0.481 e. The molecule has 0 radical (unpaired) electrons. The average molecular weight is 240 g/mol. The molecule has 0 aliphatic heterocycles. The first-order valence-electron chi connectivity index (χ1n) is 5.13. The molecule has 0 bridgehead atoms. The van der Waals surface area contributed by atoms with Crippen LogP contribution in [0, 0.1) is 5.95 Å². The predicted octanol–water partition coefficient (Wildman–Crippen LogP) is 1.20. The molecule has 1 aromatic heterocycles. The van der Waals surface area contributed by atoms with E-state index in [1.54, 1.807) is 6.92 Å². The number of amides is 1. The van der Waals surface area contributed by atoms with Gasteiger partial charge in [-0.3, -0.25) is 9.59 Å². The van der Waals surface area contributed by atoms with E-state index in [2.05, 4.69) is 10.3 Å². The summed E-state index contributed by atoms with van der Waals surface area (Å²) in [6.07, 6.45) is 1.51. The van der Waals surface area contributed by atoms with E-state index >= 15 is 0 Å². The molecule has 1 rings (SSSR count). The zero-order chi connectivity index (χ0) is 12.8. The number of hydrogen-bond donors (Lipinski definition) is 2. The molecule has 1 amide bonds. The van der Waals surface area contributed by atoms with Crippen molar-refractivity contribution in [3.8, 4) is 0 Å². The SMILES string of the molecule is CC(CCC(=O)O)NC(=O)c1ccnc(F)c1. The number of rotatable bonds is 5. The van der Waals surface area contributed by atoms with Crippen LogP contribution in [0.2, 0.25) is 0 Å². The van der Waals surface area contributed by atoms with Crippen LogP contribution in [0.5, 0.6) is 0 Å². The van der Waals surface area contributed by atoms with E-state index < -0.39 is 17.8 Å². The summed E-state index contributed by atoms with van der Waals surface area (Å²) in [7, 11) is 0. The smallest absolute Gasteiger partial charge is 0.303 e. The minimum Gasteiger partial charge on any atom is -0.481 e. The van der Waals surface area contributed by atoms with Crippen LogP contribution in [0.15, 0.2) is 18.3 Å². The zero-order valence-corrected chi connectivity index (χ0v) is 9.31. The lowest BCUT2D eigenvalue weighted by Crippen LogP contribution is -2.33. The van der Waals surface area contributed by atoms with Crippen LogP contribution >= 0.6 is 0 Å². The van der Waals surface area contributed by atoms with Gasteiger partial charge in [-0.15, -0.1) is 0 Å². The topological polar surface area (TPSA) is 79.3 Å². The first kappa shape index (κ1) is 13.1. The minimum absolute atomic E-state index is 0.0217. The maximum absolute atomic E-state index is 12.8. The highest BCUT2D eigenvalue weighted by Crippen LogP contribution is 2.03. The van der Waals surface area contributed by atoms with Gasteiger partial charge >= 0.3 is 5.97 Å². The highest BCUT2D eigenvalue weighted by molar-refractivity contribution is 5.94. The van der Waals surface area contributed by atoms with Gasteiger partial charge in [-0.05, 0) is 19.4 Å². The van der Waals surface area contributed by atoms with Gasteiger partial charge in [0.25, 0.3) is 5.91 Å². The van der Waals surface area contributed by atoms with Gasteiger partial charge in [0.05, 0.1) is 0 Å². The fraction of sp³-hybridized carbons (Fsp3) is 0.364. The molecule has 5 nitrogen and oxygen atoms in total. The van der Waals surface area contributed by atoms with E-state index in [4.69, 9.17) is 5.11 Å². The number of aliphatic carboxylic acids is 1. The number of carbonyl (C=O) groups is 2. The fourth-order valence-electron chi connectivity index (χ4n) is 1.26. The molecule has 0 spiro atoms. The number of nitrogens with one attached hydrogen (secondary N) is 1. The first-order valence-corrected chi connectivity index (χ1v) is 5.13. The lowest BCUT2D eigenvalue weighted by Gasteiger charge is -2.12. The van der Waals surface area contributed by atoms with Gasteiger partial charge in [0.1, 0.15) is 0 Å². The van der Waals surface area contributed by atoms with Crippen molar-refractivity contribution in [2.45, 2.75) is 25.8 Å². The van der Waals surface area contributed by atoms with Gasteiger partial charge in [-0.2, -0.15) is 4.39 Å². The highest BCUT2D eigenvalue weighted by Gasteiger charge is 2.11. The van der Waals surface area contributed by atoms with Crippen LogP contribution in [-0.2, 0) is 4.79 Å². The first-order chi connectivity index (χ1) is 7.99. The standard InChI is InChI=1S/C11H13FN2O3/c1-7(2-3-10(15)16)14-11(17)8-4-5-13-9(12)6-8/h4-7H,2-3H2,1H3,(H,14,17)(H,15,16). The Hall–Kier alpha value is -1.98. The van der Waals surface area contributed by atoms with Crippen molar-refractivity contribution in [1.82, 2.24) is 10.3 Å². The second kappa shape index (κ2) is 5.93. The normalized spacial score (nSPS) is 11.9. The number of aromatic nitrogens is 1. The molecule has 0 saturated carbocycles. The van der Waals surface area contributed by atoms with Crippen molar-refractivity contribution in [2.24, 2.45) is 0 Å². The summed E-state index contributed by atoms with van der Waals surface area (Å²) in [6, 6.07) is 2.14. The lowest BCUT2D eigenvalue weighted by molar-refractivity contribution is -0.137. The predicted molar refractivity (Wildman–Crippen MR) is 58.0 cm³/mol. The summed E-state index contributed by atoms with van der Waals surface area (Å²) in [5.74, 6) is -2.08. The van der Waals surface area contributed by atoms with Gasteiger partial charge in [-0.1, -0.05) is 0 Å². The van der Waals surface area contributed by atoms with Crippen LogP contribution in [0.3, 0.4) is 0 Å². The second-order valence-electron chi connectivity index (χ2n) is 3.67. The number of nitrogens with zero attached hydrogens (tertiary/aromatic N) is 1. The van der Waals surface area contributed by atoms with Crippen molar-refractivity contribution in [2.75, 3.05) is 0 Å². The van der Waals surface area contributed by atoms with E-state index in [0.29, 0.717) is 6.42 Å². The summed E-state index contributed by atoms with van der Waals surface area (Å²) in [5, 5.41) is 11.1. The molecule has 1 unspecified atom stereocenters. The Morgan fingerprint density at radius 1 is 1.59 bits per heavy atom. The molecule has 1 aromatic rings. The molecule has 17 heavy (non-hydrogen) atoms. The van der Waals surface area contributed by atoms with Gasteiger partial charge in [0, 0.05) is 30.3 Å². The molecule has 6 heteroatoms. The third kappa shape index (κ3) is 4.58. The summed E-state index contributed by atoms with van der Waals surface area (Å²) in [5.41, 5.74) is 0.166. The molecule has 2 N–H and O–H groups in total. The van der Waals surface area contributed by atoms with Gasteiger partial charge in [-0.25, -0.2) is 4.98 Å². The van der Waals surface area contributed by atoms with Crippen LogP contribution in [0.1, 0.15) is 30.1 Å². The second-order valence-corrected chi connectivity index (χ2v) is 3.67. The van der Waals surface area contributed by atoms with Crippen molar-refractivity contribution >= 4 is 11.9 Å². The Kier molecular flexibility index (Phi) is 4.56. The maximum atomic E-state index is 12.8. The summed E-state index contributed by atoms with van der Waals surface area (Å²) < 4.78 is 12.8. The van der Waals surface area contributed by atoms with E-state index in [9.17, 15) is 14.0 Å². The molecular formula is C11H13FN2O3. The Morgan fingerprint density at radius 3 is 2.88 bits per heavy atom. The quantitative estimate of drug-likeness (QED) is 0.758. The number of carbonyl (C=O) groups excluding carboxylic acids is 1. The Labute approximate surface area is 97.7 Å². The zero-order valence-electron chi connectivity index (χ0n) is 9.31. The maximum Gasteiger partial charge on any atom is 0.303 e. The number of carboxylic acid groups (broad SMARTS) is 1. The number of halogens is 1. The van der Waals surface area contributed by atoms with Crippen molar-refractivity contribution in [1.29, 1.82) is 0 Å². The molecule has 92 valence electrons. The Bertz CT molecular complexity index is 423. The number of carboxylic acids is 1. The third-order valence-electron chi connectivity index (χ3n) is 2.16. The number of pyridine rings is 1. The molecule has 0 fully saturated rings. The summed E-state index contributed by atoms with van der Waals surface area (Å²) >= 11 is 0. The fourth-order valence-corrected chi connectivity index (χ4v) is 1.26. The molecule has 0 saturated heterocycles. The highest BCUT2D eigenvalue weighted by atomic mass is 19.1. The molecule has 0 aromatic carbocycles. The Balaban J connectivity index is 2.51. The van der Waals surface area contributed by atoms with E-state index in [0.717, 1.165) is 6.07 Å². The Morgan fingerprint density at radius 2 is 2.29 bits per heavy atom. The monoisotopic (exact) mass is 240 g/mol. The van der Waals surface area contributed by atoms with Crippen LogP contribution in [-0.4, -0.2) is 28.0 Å².